The molecular weight excluding hydrogens is 306 g/mol. The topological polar surface area (TPSA) is 37.3 Å². The van der Waals surface area contributed by atoms with Crippen molar-refractivity contribution in [3.63, 3.8) is 0 Å². The molecule has 0 spiro atoms. The Morgan fingerprint density at radius 1 is 0.650 bits per heavy atom. The Kier molecular flexibility index (Phi) is 21.4. The molecule has 0 atom stereocenters. The van der Waals surface area contributed by atoms with Crippen molar-refractivity contribution in [2.45, 2.75) is 103 Å². The number of carboxylic acid groups (broad SMARTS) is 1. The molecule has 1 N–H and O–H groups in total. The predicted octanol–water partition coefficient (Wildman–Crippen LogP) is 4.76. The van der Waals surface area contributed by atoms with Gasteiger partial charge in [0.15, 0.2) is 0 Å². The summed E-state index contributed by atoms with van der Waals surface area (Å²) in [5, 5.41) is 8.50. The average molecular weight is 343 g/mol. The second-order valence-electron chi connectivity index (χ2n) is 5.74. The molecule has 0 saturated carbocycles. The maximum absolute atomic E-state index is 10.3. The SMILES string of the molecule is CCCCCCCCCCCCCCCCC(=O)O.[GaH3]. The van der Waals surface area contributed by atoms with Crippen LogP contribution >= 0.6 is 0 Å². The van der Waals surface area contributed by atoms with E-state index in [0.717, 1.165) is 12.8 Å². The van der Waals surface area contributed by atoms with Crippen LogP contribution in [0.25, 0.3) is 0 Å². The van der Waals surface area contributed by atoms with Crippen molar-refractivity contribution in [3.8, 4) is 0 Å². The summed E-state index contributed by atoms with van der Waals surface area (Å²) < 4.78 is 0. The Labute approximate surface area is 139 Å². The zero-order valence-corrected chi connectivity index (χ0v) is 13.0. The summed E-state index contributed by atoms with van der Waals surface area (Å²) in [4.78, 5) is 10.3. The van der Waals surface area contributed by atoms with E-state index in [1.165, 1.54) is 77.0 Å². The summed E-state index contributed by atoms with van der Waals surface area (Å²) in [7, 11) is 0. The Hall–Kier alpha value is 0.106. The Morgan fingerprint density at radius 3 is 1.25 bits per heavy atom. The summed E-state index contributed by atoms with van der Waals surface area (Å²) in [6.07, 6.45) is 18.7. The molecule has 0 radical (unpaired) electrons. The van der Waals surface area contributed by atoms with Gasteiger partial charge in [-0.3, -0.25) is 4.79 Å². The van der Waals surface area contributed by atoms with E-state index in [-0.39, 0.29) is 19.8 Å². The fraction of sp³-hybridized carbons (Fsp3) is 0.941. The number of unbranched alkanes of at least 4 members (excludes halogenated alkanes) is 13. The molecule has 0 aliphatic heterocycles. The zero-order chi connectivity index (χ0) is 14.2. The van der Waals surface area contributed by atoms with Gasteiger partial charge in [-0.1, -0.05) is 90.4 Å². The molecular formula is C17H37GaO2. The van der Waals surface area contributed by atoms with Crippen molar-refractivity contribution >= 4 is 25.8 Å². The van der Waals surface area contributed by atoms with E-state index in [9.17, 15) is 4.79 Å². The van der Waals surface area contributed by atoms with Crippen molar-refractivity contribution in [2.75, 3.05) is 0 Å². The molecule has 0 aromatic rings. The first kappa shape index (κ1) is 22.4. The van der Waals surface area contributed by atoms with Crippen LogP contribution in [0.5, 0.6) is 0 Å². The van der Waals surface area contributed by atoms with E-state index >= 15 is 0 Å². The van der Waals surface area contributed by atoms with E-state index in [4.69, 9.17) is 5.11 Å². The van der Waals surface area contributed by atoms with Gasteiger partial charge in [0, 0.05) is 6.42 Å². The predicted molar refractivity (Wildman–Crippen MR) is 92.5 cm³/mol. The first-order valence-electron chi connectivity index (χ1n) is 8.49. The summed E-state index contributed by atoms with van der Waals surface area (Å²) in [5.41, 5.74) is 0. The van der Waals surface area contributed by atoms with Gasteiger partial charge in [-0.2, -0.15) is 0 Å². The quantitative estimate of drug-likeness (QED) is 0.344. The molecule has 0 aromatic heterocycles. The monoisotopic (exact) mass is 342 g/mol. The third-order valence-corrected chi connectivity index (χ3v) is 3.74. The second kappa shape index (κ2) is 19.1. The Balaban J connectivity index is 0. The van der Waals surface area contributed by atoms with E-state index < -0.39 is 5.97 Å². The standard InChI is InChI=1S/C17H34O2.Ga.3H/c1-2-3-4-5-6-7-8-9-10-11-12-13-14-15-16-17(18)19;;;;/h2-16H2,1H3,(H,18,19);;;;. The van der Waals surface area contributed by atoms with Crippen molar-refractivity contribution < 1.29 is 9.90 Å². The molecule has 20 heavy (non-hydrogen) atoms. The normalized spacial score (nSPS) is 10.2. The second-order valence-corrected chi connectivity index (χ2v) is 5.74. The Bertz CT molecular complexity index is 195. The number of carbonyl (C=O) groups is 1. The van der Waals surface area contributed by atoms with Crippen LogP contribution < -0.4 is 0 Å². The fourth-order valence-corrected chi connectivity index (χ4v) is 2.47. The zero-order valence-electron chi connectivity index (χ0n) is 13.0. The average Bonchev–Trinajstić information content (AvgIpc) is 2.39. The molecule has 2 nitrogen and oxygen atoms in total. The molecule has 0 unspecified atom stereocenters. The fourth-order valence-electron chi connectivity index (χ4n) is 2.47. The number of hydrogen-bond acceptors (Lipinski definition) is 1. The molecule has 3 heteroatoms. The maximum atomic E-state index is 10.3. The van der Waals surface area contributed by atoms with Gasteiger partial charge in [-0.05, 0) is 6.42 Å². The Morgan fingerprint density at radius 2 is 0.950 bits per heavy atom. The molecule has 0 amide bonds. The number of hydrogen-bond donors (Lipinski definition) is 1. The molecule has 120 valence electrons. The van der Waals surface area contributed by atoms with E-state index in [1.54, 1.807) is 0 Å². The minimum absolute atomic E-state index is 0. The molecule has 0 bridgehead atoms. The third kappa shape index (κ3) is 20.4. The molecule has 0 saturated heterocycles. The van der Waals surface area contributed by atoms with Crippen LogP contribution in [-0.2, 0) is 4.79 Å². The van der Waals surface area contributed by atoms with E-state index in [0.29, 0.717) is 6.42 Å². The van der Waals surface area contributed by atoms with Crippen LogP contribution in [0.1, 0.15) is 103 Å². The summed E-state index contributed by atoms with van der Waals surface area (Å²) in [6, 6.07) is 0. The first-order valence-corrected chi connectivity index (χ1v) is 8.49. The molecule has 0 rings (SSSR count). The molecule has 0 aliphatic rings. The van der Waals surface area contributed by atoms with Gasteiger partial charge in [-0.15, -0.1) is 0 Å². The number of aliphatic carboxylic acids is 1. The van der Waals surface area contributed by atoms with Crippen molar-refractivity contribution in [3.05, 3.63) is 0 Å². The van der Waals surface area contributed by atoms with E-state index in [1.807, 2.05) is 0 Å². The van der Waals surface area contributed by atoms with Gasteiger partial charge in [0.05, 0.1) is 0 Å². The third-order valence-electron chi connectivity index (χ3n) is 3.74. The van der Waals surface area contributed by atoms with Crippen LogP contribution in [0.4, 0.5) is 0 Å². The molecule has 0 heterocycles. The summed E-state index contributed by atoms with van der Waals surface area (Å²) in [5.74, 6) is -0.654. The minimum atomic E-state index is -0.654. The van der Waals surface area contributed by atoms with E-state index in [2.05, 4.69) is 6.92 Å². The van der Waals surface area contributed by atoms with Gasteiger partial charge in [-0.25, -0.2) is 0 Å². The van der Waals surface area contributed by atoms with Crippen molar-refractivity contribution in [2.24, 2.45) is 0 Å². The van der Waals surface area contributed by atoms with Crippen LogP contribution in [0.2, 0.25) is 0 Å². The molecule has 0 fully saturated rings. The van der Waals surface area contributed by atoms with Gasteiger partial charge in [0.25, 0.3) is 0 Å². The number of carboxylic acids is 1. The molecule has 0 aromatic carbocycles. The summed E-state index contributed by atoms with van der Waals surface area (Å²) >= 11 is 0. The van der Waals surface area contributed by atoms with Gasteiger partial charge >= 0.3 is 25.8 Å². The van der Waals surface area contributed by atoms with Crippen molar-refractivity contribution in [1.82, 2.24) is 0 Å². The van der Waals surface area contributed by atoms with Crippen molar-refractivity contribution in [1.29, 1.82) is 0 Å². The van der Waals surface area contributed by atoms with Crippen LogP contribution in [-0.4, -0.2) is 30.9 Å². The van der Waals surface area contributed by atoms with Crippen LogP contribution in [0.15, 0.2) is 0 Å². The van der Waals surface area contributed by atoms with Gasteiger partial charge in [0.1, 0.15) is 0 Å². The van der Waals surface area contributed by atoms with Gasteiger partial charge in [0.2, 0.25) is 0 Å². The molecule has 0 aliphatic carbocycles. The number of rotatable bonds is 15. The summed E-state index contributed by atoms with van der Waals surface area (Å²) in [6.45, 7) is 2.27. The van der Waals surface area contributed by atoms with Crippen LogP contribution in [0, 0.1) is 0 Å². The first-order chi connectivity index (χ1) is 9.27. The van der Waals surface area contributed by atoms with Gasteiger partial charge < -0.3 is 5.11 Å². The van der Waals surface area contributed by atoms with Crippen LogP contribution in [0.3, 0.4) is 0 Å².